The first kappa shape index (κ1) is 24.5. The standard InChI is InChI=1S/C24H23F4N5O2/c1-13(2)32-23-30-10-14(11-31-23)22(34)33-20-16(17-9-15(25)3-4-18(17)26)6-8-29-21(20)19-5-7-24(27,28)12-35-19/h3-4,6,8-11,13,19H,5,7,12H2,1-2H3,(H,33,34)(H,30,31,32). The Morgan fingerprint density at radius 3 is 2.51 bits per heavy atom. The van der Waals surface area contributed by atoms with Crippen molar-refractivity contribution in [3.8, 4) is 11.1 Å². The number of nitrogens with zero attached hydrogens (tertiary/aromatic N) is 3. The van der Waals surface area contributed by atoms with Crippen LogP contribution in [0.25, 0.3) is 11.1 Å². The van der Waals surface area contributed by atoms with Gasteiger partial charge in [-0.25, -0.2) is 27.5 Å². The fourth-order valence-electron chi connectivity index (χ4n) is 3.68. The number of hydrogen-bond acceptors (Lipinski definition) is 6. The molecule has 35 heavy (non-hydrogen) atoms. The maximum Gasteiger partial charge on any atom is 0.271 e. The van der Waals surface area contributed by atoms with E-state index in [0.717, 1.165) is 18.2 Å². The minimum Gasteiger partial charge on any atom is -0.366 e. The smallest absolute Gasteiger partial charge is 0.271 e. The summed E-state index contributed by atoms with van der Waals surface area (Å²) in [6, 6.07) is 4.40. The highest BCUT2D eigenvalue weighted by molar-refractivity contribution is 6.06. The number of rotatable bonds is 6. The molecule has 1 aliphatic heterocycles. The number of hydrogen-bond donors (Lipinski definition) is 2. The highest BCUT2D eigenvalue weighted by Crippen LogP contribution is 2.41. The zero-order chi connectivity index (χ0) is 25.2. The Balaban J connectivity index is 1.72. The van der Waals surface area contributed by atoms with E-state index in [1.54, 1.807) is 0 Å². The zero-order valence-electron chi connectivity index (χ0n) is 19.0. The topological polar surface area (TPSA) is 89.0 Å². The molecule has 4 rings (SSSR count). The third-order valence-corrected chi connectivity index (χ3v) is 5.34. The molecule has 11 heteroatoms. The lowest BCUT2D eigenvalue weighted by Crippen LogP contribution is -2.31. The summed E-state index contributed by atoms with van der Waals surface area (Å²) in [5.74, 6) is -4.71. The molecule has 184 valence electrons. The monoisotopic (exact) mass is 489 g/mol. The molecule has 3 heterocycles. The molecule has 1 unspecified atom stereocenters. The van der Waals surface area contributed by atoms with E-state index in [2.05, 4.69) is 25.6 Å². The normalized spacial score (nSPS) is 17.3. The number of alkyl halides is 2. The summed E-state index contributed by atoms with van der Waals surface area (Å²) in [5.41, 5.74) is 0.254. The van der Waals surface area contributed by atoms with Crippen LogP contribution >= 0.6 is 0 Å². The van der Waals surface area contributed by atoms with Crippen molar-refractivity contribution in [2.45, 2.75) is 44.8 Å². The molecule has 0 spiro atoms. The highest BCUT2D eigenvalue weighted by atomic mass is 19.3. The highest BCUT2D eigenvalue weighted by Gasteiger charge is 2.38. The second-order valence-corrected chi connectivity index (χ2v) is 8.49. The molecule has 0 saturated carbocycles. The van der Waals surface area contributed by atoms with Crippen LogP contribution in [0.2, 0.25) is 0 Å². The van der Waals surface area contributed by atoms with Crippen LogP contribution in [0.15, 0.2) is 42.9 Å². The lowest BCUT2D eigenvalue weighted by molar-refractivity contribution is -0.146. The van der Waals surface area contributed by atoms with Gasteiger partial charge in [-0.15, -0.1) is 0 Å². The van der Waals surface area contributed by atoms with E-state index in [9.17, 15) is 22.4 Å². The van der Waals surface area contributed by atoms with Crippen LogP contribution in [0, 0.1) is 11.6 Å². The van der Waals surface area contributed by atoms with E-state index in [4.69, 9.17) is 4.74 Å². The van der Waals surface area contributed by atoms with Crippen molar-refractivity contribution in [2.75, 3.05) is 17.2 Å². The van der Waals surface area contributed by atoms with Crippen molar-refractivity contribution >= 4 is 17.5 Å². The molecule has 1 aromatic carbocycles. The van der Waals surface area contributed by atoms with Crippen LogP contribution in [0.5, 0.6) is 0 Å². The molecule has 1 atom stereocenters. The molecule has 2 N–H and O–H groups in total. The Labute approximate surface area is 199 Å². The molecular weight excluding hydrogens is 466 g/mol. The minimum atomic E-state index is -2.98. The molecule has 1 saturated heterocycles. The molecular formula is C24H23F4N5O2. The van der Waals surface area contributed by atoms with E-state index in [1.807, 2.05) is 13.8 Å². The Morgan fingerprint density at radius 2 is 1.86 bits per heavy atom. The third-order valence-electron chi connectivity index (χ3n) is 5.34. The van der Waals surface area contributed by atoms with Crippen molar-refractivity contribution in [3.63, 3.8) is 0 Å². The summed E-state index contributed by atoms with van der Waals surface area (Å²) in [6.45, 7) is 3.00. The summed E-state index contributed by atoms with van der Waals surface area (Å²) in [5, 5.41) is 5.66. The number of pyridine rings is 1. The number of halogens is 4. The van der Waals surface area contributed by atoms with Gasteiger partial charge in [-0.3, -0.25) is 9.78 Å². The third kappa shape index (κ3) is 5.73. The molecule has 1 fully saturated rings. The van der Waals surface area contributed by atoms with E-state index in [0.29, 0.717) is 5.95 Å². The van der Waals surface area contributed by atoms with Crippen LogP contribution in [0.4, 0.5) is 29.2 Å². The van der Waals surface area contributed by atoms with E-state index < -0.39 is 42.6 Å². The second-order valence-electron chi connectivity index (χ2n) is 8.49. The van der Waals surface area contributed by atoms with E-state index >= 15 is 0 Å². The number of nitrogens with one attached hydrogen (secondary N) is 2. The lowest BCUT2D eigenvalue weighted by Gasteiger charge is -2.30. The molecule has 2 aromatic heterocycles. The average Bonchev–Trinajstić information content (AvgIpc) is 2.81. The maximum atomic E-state index is 14.7. The fourth-order valence-corrected chi connectivity index (χ4v) is 3.68. The van der Waals surface area contributed by atoms with Gasteiger partial charge in [0.05, 0.1) is 16.9 Å². The predicted molar refractivity (Wildman–Crippen MR) is 121 cm³/mol. The fraction of sp³-hybridized carbons (Fsp3) is 0.333. The Morgan fingerprint density at radius 1 is 1.11 bits per heavy atom. The Kier molecular flexibility index (Phi) is 6.97. The zero-order valence-corrected chi connectivity index (χ0v) is 19.0. The van der Waals surface area contributed by atoms with Gasteiger partial charge < -0.3 is 15.4 Å². The van der Waals surface area contributed by atoms with Crippen molar-refractivity contribution in [1.82, 2.24) is 15.0 Å². The Hall–Kier alpha value is -3.60. The Bertz CT molecular complexity index is 1210. The number of ether oxygens (including phenoxy) is 1. The minimum absolute atomic E-state index is 0.0293. The van der Waals surface area contributed by atoms with E-state index in [1.165, 1.54) is 24.7 Å². The quantitative estimate of drug-likeness (QED) is 0.452. The molecule has 0 radical (unpaired) electrons. The number of aromatic nitrogens is 3. The number of amides is 1. The van der Waals surface area contributed by atoms with Crippen LogP contribution < -0.4 is 10.6 Å². The van der Waals surface area contributed by atoms with Gasteiger partial charge in [-0.1, -0.05) is 0 Å². The lowest BCUT2D eigenvalue weighted by atomic mass is 9.97. The summed E-state index contributed by atoms with van der Waals surface area (Å²) in [7, 11) is 0. The van der Waals surface area contributed by atoms with Gasteiger partial charge in [-0.2, -0.15) is 0 Å². The van der Waals surface area contributed by atoms with Crippen molar-refractivity contribution < 1.29 is 27.1 Å². The molecule has 3 aromatic rings. The summed E-state index contributed by atoms with van der Waals surface area (Å²) in [6.07, 6.45) is 2.55. The van der Waals surface area contributed by atoms with Crippen molar-refractivity contribution in [2.24, 2.45) is 0 Å². The van der Waals surface area contributed by atoms with Crippen molar-refractivity contribution in [1.29, 1.82) is 0 Å². The van der Waals surface area contributed by atoms with Crippen LogP contribution in [0.3, 0.4) is 0 Å². The van der Waals surface area contributed by atoms with E-state index in [-0.39, 0.29) is 40.5 Å². The number of benzene rings is 1. The number of anilines is 2. The van der Waals surface area contributed by atoms with Gasteiger partial charge in [0.1, 0.15) is 24.3 Å². The molecule has 0 aliphatic carbocycles. The van der Waals surface area contributed by atoms with Gasteiger partial charge >= 0.3 is 0 Å². The van der Waals surface area contributed by atoms with Crippen LogP contribution in [-0.2, 0) is 4.74 Å². The average molecular weight is 489 g/mol. The molecule has 1 amide bonds. The van der Waals surface area contributed by atoms with Gasteiger partial charge in [0.2, 0.25) is 5.95 Å². The summed E-state index contributed by atoms with van der Waals surface area (Å²) in [4.78, 5) is 25.5. The first-order chi connectivity index (χ1) is 16.6. The molecule has 1 aliphatic rings. The number of carbonyl (C=O) groups is 1. The maximum absolute atomic E-state index is 14.7. The van der Waals surface area contributed by atoms with Crippen LogP contribution in [-0.4, -0.2) is 39.4 Å². The predicted octanol–water partition coefficient (Wildman–Crippen LogP) is 5.38. The first-order valence-electron chi connectivity index (χ1n) is 11.0. The van der Waals surface area contributed by atoms with Crippen molar-refractivity contribution in [3.05, 3.63) is 65.7 Å². The summed E-state index contributed by atoms with van der Waals surface area (Å²) < 4.78 is 61.3. The molecule has 7 nitrogen and oxygen atoms in total. The first-order valence-corrected chi connectivity index (χ1v) is 11.0. The molecule has 0 bridgehead atoms. The summed E-state index contributed by atoms with van der Waals surface area (Å²) >= 11 is 0. The van der Waals surface area contributed by atoms with Crippen LogP contribution in [0.1, 0.15) is 48.8 Å². The second kappa shape index (κ2) is 9.95. The number of carbonyl (C=O) groups excluding carboxylic acids is 1. The SMILES string of the molecule is CC(C)Nc1ncc(C(=O)Nc2c(-c3cc(F)ccc3F)ccnc2C2CCC(F)(F)CO2)cn1. The largest absolute Gasteiger partial charge is 0.366 e. The van der Waals surface area contributed by atoms with Gasteiger partial charge in [0, 0.05) is 42.2 Å². The van der Waals surface area contributed by atoms with Gasteiger partial charge in [0.25, 0.3) is 11.8 Å². The van der Waals surface area contributed by atoms with Gasteiger partial charge in [0.15, 0.2) is 0 Å². The van der Waals surface area contributed by atoms with Gasteiger partial charge in [-0.05, 0) is 44.5 Å².